The minimum Gasteiger partial charge on any atom is -0.595 e. The van der Waals surface area contributed by atoms with E-state index in [0.717, 1.165) is 0 Å². The lowest BCUT2D eigenvalue weighted by molar-refractivity contribution is -0.991. The van der Waals surface area contributed by atoms with Gasteiger partial charge in [-0.05, 0) is 24.3 Å². The normalized spacial score (nSPS) is 11.9. The predicted molar refractivity (Wildman–Crippen MR) is 61.4 cm³/mol. The van der Waals surface area contributed by atoms with Gasteiger partial charge >= 0.3 is 5.97 Å². The van der Waals surface area contributed by atoms with Crippen molar-refractivity contribution in [1.29, 1.82) is 0 Å². The van der Waals surface area contributed by atoms with Crippen LogP contribution < -0.4 is 9.96 Å². The summed E-state index contributed by atoms with van der Waals surface area (Å²) in [5, 5.41) is 18.3. The lowest BCUT2D eigenvalue weighted by atomic mass is 10.3. The molecule has 92 valence electrons. The number of hydrogen-bond donors (Lipinski definition) is 2. The van der Waals surface area contributed by atoms with Crippen LogP contribution in [0.25, 0.3) is 0 Å². The van der Waals surface area contributed by atoms with Crippen molar-refractivity contribution in [2.45, 2.75) is 0 Å². The van der Waals surface area contributed by atoms with Crippen molar-refractivity contribution >= 4 is 11.7 Å². The van der Waals surface area contributed by atoms with Gasteiger partial charge in [0, 0.05) is 18.3 Å². The highest BCUT2D eigenvalue weighted by atomic mass is 16.8. The van der Waals surface area contributed by atoms with Gasteiger partial charge in [0.25, 0.3) is 0 Å². The molecule has 2 rings (SSSR count). The zero-order valence-corrected chi connectivity index (χ0v) is 9.24. The van der Waals surface area contributed by atoms with Crippen LogP contribution >= 0.6 is 0 Å². The second kappa shape index (κ2) is 5.37. The Morgan fingerprint density at radius 3 is 2.50 bits per heavy atom. The molecule has 1 unspecified atom stereocenters. The number of carbonyl (C=O) groups is 1. The molecule has 1 aromatic heterocycles. The number of carbonyl (C=O) groups excluding carboxylic acids is 1. The summed E-state index contributed by atoms with van der Waals surface area (Å²) in [5.74, 6) is -0.311. The van der Waals surface area contributed by atoms with Gasteiger partial charge in [-0.25, -0.2) is 15.0 Å². The number of quaternary nitrogens is 1. The van der Waals surface area contributed by atoms with E-state index < -0.39 is 11.2 Å². The molecule has 0 saturated carbocycles. The molecule has 0 amide bonds. The summed E-state index contributed by atoms with van der Waals surface area (Å²) < 4.78 is 5.04. The maximum Gasteiger partial charge on any atom is 0.362 e. The second-order valence-corrected chi connectivity index (χ2v) is 3.43. The van der Waals surface area contributed by atoms with Gasteiger partial charge < -0.3 is 9.94 Å². The van der Waals surface area contributed by atoms with Gasteiger partial charge in [-0.2, -0.15) is 5.23 Å². The van der Waals surface area contributed by atoms with Gasteiger partial charge in [0.05, 0.1) is 0 Å². The fourth-order valence-corrected chi connectivity index (χ4v) is 1.31. The Bertz CT molecular complexity index is 526. The van der Waals surface area contributed by atoms with Crippen LogP contribution in [0.15, 0.2) is 48.7 Å². The second-order valence-electron chi connectivity index (χ2n) is 3.43. The third-order valence-electron chi connectivity index (χ3n) is 2.19. The summed E-state index contributed by atoms with van der Waals surface area (Å²) in [4.78, 5) is 15.5. The molecular weight excluding hydrogens is 236 g/mol. The van der Waals surface area contributed by atoms with Crippen molar-refractivity contribution in [2.75, 3.05) is 0 Å². The summed E-state index contributed by atoms with van der Waals surface area (Å²) in [5.41, 5.74) is 0.326. The average Bonchev–Trinajstić information content (AvgIpc) is 2.40. The first-order valence-electron chi connectivity index (χ1n) is 5.13. The maximum absolute atomic E-state index is 11.6. The van der Waals surface area contributed by atoms with Crippen molar-refractivity contribution in [3.8, 4) is 5.75 Å². The average molecular weight is 246 g/mol. The first-order chi connectivity index (χ1) is 8.66. The number of esters is 1. The standard InChI is InChI=1S/C12H10N2O4/c15-12(11-3-1-2-8-13-11)18-10-6-4-9(5-7-10)14(16)17/h1-8,14,16H. The molecular formula is C12H10N2O4. The topological polar surface area (TPSA) is 86.9 Å². The molecule has 0 aliphatic rings. The number of nitrogens with zero attached hydrogens (tertiary/aromatic N) is 1. The smallest absolute Gasteiger partial charge is 0.362 e. The fraction of sp³-hybridized carbons (Fsp3) is 0. The molecule has 0 saturated heterocycles. The summed E-state index contributed by atoms with van der Waals surface area (Å²) in [7, 11) is 0. The van der Waals surface area contributed by atoms with Crippen LogP contribution in [0.2, 0.25) is 0 Å². The zero-order valence-electron chi connectivity index (χ0n) is 9.24. The van der Waals surface area contributed by atoms with Crippen molar-refractivity contribution in [1.82, 2.24) is 4.98 Å². The molecule has 0 spiro atoms. The van der Waals surface area contributed by atoms with Gasteiger partial charge in [0.2, 0.25) is 0 Å². The summed E-state index contributed by atoms with van der Waals surface area (Å²) in [6.07, 6.45) is 1.49. The van der Waals surface area contributed by atoms with E-state index in [4.69, 9.17) is 9.94 Å². The third-order valence-corrected chi connectivity index (χ3v) is 2.19. The molecule has 1 atom stereocenters. The Balaban J connectivity index is 2.08. The first-order valence-corrected chi connectivity index (χ1v) is 5.13. The Hall–Kier alpha value is -2.28. The van der Waals surface area contributed by atoms with E-state index in [9.17, 15) is 10.0 Å². The maximum atomic E-state index is 11.6. The van der Waals surface area contributed by atoms with E-state index in [1.54, 1.807) is 12.1 Å². The fourth-order valence-electron chi connectivity index (χ4n) is 1.31. The minimum atomic E-state index is -1.03. The molecule has 0 bridgehead atoms. The van der Waals surface area contributed by atoms with Crippen LogP contribution in [-0.4, -0.2) is 16.2 Å². The Labute approximate surface area is 103 Å². The van der Waals surface area contributed by atoms with Crippen LogP contribution in [0.3, 0.4) is 0 Å². The van der Waals surface area contributed by atoms with Gasteiger partial charge in [-0.15, -0.1) is 0 Å². The predicted octanol–water partition coefficient (Wildman–Crippen LogP) is 0.704. The third kappa shape index (κ3) is 2.89. The molecule has 0 aliphatic carbocycles. The van der Waals surface area contributed by atoms with E-state index in [1.807, 2.05) is 0 Å². The molecule has 0 radical (unpaired) electrons. The van der Waals surface area contributed by atoms with Gasteiger partial charge in [0.15, 0.2) is 5.69 Å². The zero-order chi connectivity index (χ0) is 13.0. The Kier molecular flexibility index (Phi) is 3.63. The number of hydrogen-bond acceptors (Lipinski definition) is 5. The van der Waals surface area contributed by atoms with E-state index in [1.165, 1.54) is 36.5 Å². The number of nitrogens with one attached hydrogen (secondary N) is 1. The van der Waals surface area contributed by atoms with Crippen LogP contribution in [0.1, 0.15) is 10.5 Å². The van der Waals surface area contributed by atoms with E-state index in [0.29, 0.717) is 0 Å². The van der Waals surface area contributed by atoms with Crippen LogP contribution in [0.4, 0.5) is 5.69 Å². The first kappa shape index (κ1) is 12.2. The Morgan fingerprint density at radius 2 is 1.94 bits per heavy atom. The number of aromatic nitrogens is 1. The SMILES string of the molecule is O=C(Oc1ccc([NH+]([O-])O)cc1)c1ccccn1. The highest BCUT2D eigenvalue weighted by molar-refractivity contribution is 5.88. The highest BCUT2D eigenvalue weighted by Crippen LogP contribution is 2.14. The molecule has 2 N–H and O–H groups in total. The summed E-state index contributed by atoms with van der Waals surface area (Å²) in [6.45, 7) is 0. The van der Waals surface area contributed by atoms with E-state index >= 15 is 0 Å². The van der Waals surface area contributed by atoms with E-state index in [2.05, 4.69) is 4.98 Å². The number of ether oxygens (including phenoxy) is 1. The lowest BCUT2D eigenvalue weighted by Crippen LogP contribution is -2.99. The molecule has 2 aromatic rings. The minimum absolute atomic E-state index is 0.132. The Morgan fingerprint density at radius 1 is 1.22 bits per heavy atom. The van der Waals surface area contributed by atoms with Gasteiger partial charge in [-0.3, -0.25) is 0 Å². The number of pyridine rings is 1. The molecule has 6 nitrogen and oxygen atoms in total. The summed E-state index contributed by atoms with van der Waals surface area (Å²) >= 11 is 0. The summed E-state index contributed by atoms with van der Waals surface area (Å²) in [6, 6.07) is 10.5. The van der Waals surface area contributed by atoms with Gasteiger partial charge in [-0.1, -0.05) is 6.07 Å². The van der Waals surface area contributed by atoms with Crippen LogP contribution in [0, 0.1) is 5.21 Å². The number of benzene rings is 1. The van der Waals surface area contributed by atoms with Crippen molar-refractivity contribution in [3.63, 3.8) is 0 Å². The lowest BCUT2D eigenvalue weighted by Gasteiger charge is -2.11. The van der Waals surface area contributed by atoms with Crippen LogP contribution in [0.5, 0.6) is 5.75 Å². The molecule has 18 heavy (non-hydrogen) atoms. The molecule has 6 heteroatoms. The molecule has 0 aliphatic heterocycles. The monoisotopic (exact) mass is 246 g/mol. The quantitative estimate of drug-likeness (QED) is 0.473. The van der Waals surface area contributed by atoms with E-state index in [-0.39, 0.29) is 17.1 Å². The van der Waals surface area contributed by atoms with Crippen LogP contribution in [-0.2, 0) is 0 Å². The molecule has 1 aromatic carbocycles. The molecule has 0 fully saturated rings. The molecule has 1 heterocycles. The van der Waals surface area contributed by atoms with Gasteiger partial charge in [0.1, 0.15) is 11.4 Å². The largest absolute Gasteiger partial charge is 0.595 e. The van der Waals surface area contributed by atoms with Crippen molar-refractivity contribution < 1.29 is 20.0 Å². The highest BCUT2D eigenvalue weighted by Gasteiger charge is 2.09. The van der Waals surface area contributed by atoms with Crippen molar-refractivity contribution in [3.05, 3.63) is 59.6 Å². The number of rotatable bonds is 3. The van der Waals surface area contributed by atoms with Crippen molar-refractivity contribution in [2.24, 2.45) is 0 Å².